The molecule has 0 fully saturated rings. The number of methoxy groups -OCH3 is 1. The van der Waals surface area contributed by atoms with Gasteiger partial charge < -0.3 is 29.8 Å². The van der Waals surface area contributed by atoms with E-state index < -0.39 is 12.1 Å². The molecule has 0 aliphatic rings. The van der Waals surface area contributed by atoms with Crippen molar-refractivity contribution in [2.45, 2.75) is 39.4 Å². The lowest BCUT2D eigenvalue weighted by Crippen LogP contribution is -2.42. The van der Waals surface area contributed by atoms with Gasteiger partial charge in [-0.05, 0) is 72.6 Å². The van der Waals surface area contributed by atoms with Crippen LogP contribution in [0.3, 0.4) is 0 Å². The van der Waals surface area contributed by atoms with Crippen molar-refractivity contribution in [2.24, 2.45) is 5.92 Å². The predicted octanol–water partition coefficient (Wildman–Crippen LogP) is 7.17. The molecule has 0 aliphatic heterocycles. The Balaban J connectivity index is 1.13. The van der Waals surface area contributed by atoms with E-state index in [1.807, 2.05) is 63.2 Å². The summed E-state index contributed by atoms with van der Waals surface area (Å²) in [7, 11) is 5.03. The van der Waals surface area contributed by atoms with Crippen molar-refractivity contribution in [3.8, 4) is 39.7 Å². The zero-order valence-corrected chi connectivity index (χ0v) is 33.5. The highest BCUT2D eigenvalue weighted by Crippen LogP contribution is 2.30. The first kappa shape index (κ1) is 40.9. The van der Waals surface area contributed by atoms with Crippen LogP contribution in [0.4, 0.5) is 4.79 Å². The van der Waals surface area contributed by atoms with Crippen LogP contribution in [-0.2, 0) is 27.4 Å². The van der Waals surface area contributed by atoms with Crippen LogP contribution in [0.15, 0.2) is 103 Å². The van der Waals surface area contributed by atoms with Gasteiger partial charge in [0.1, 0.15) is 24.2 Å². The molecule has 58 heavy (non-hydrogen) atoms. The number of ether oxygens (including phenoxy) is 1. The Morgan fingerprint density at radius 3 is 1.97 bits per heavy atom. The average Bonchev–Trinajstić information content (AvgIpc) is 3.92. The van der Waals surface area contributed by atoms with Crippen molar-refractivity contribution in [1.82, 2.24) is 40.0 Å². The number of H-pyrrole nitrogens is 2. The summed E-state index contributed by atoms with van der Waals surface area (Å²) in [5.74, 6) is 0.644. The number of likely N-dealkylation sites (N-methyl/N-ethyl adjacent to an activating group) is 1. The van der Waals surface area contributed by atoms with Crippen LogP contribution in [0.2, 0.25) is 0 Å². The first-order valence-corrected chi connectivity index (χ1v) is 19.3. The molecular weight excluding hydrogens is 731 g/mol. The highest BCUT2D eigenvalue weighted by molar-refractivity contribution is 5.90. The summed E-state index contributed by atoms with van der Waals surface area (Å²) in [6.07, 6.45) is 3.67. The molecular formula is C45H49N9O4. The normalized spacial score (nSPS) is 12.2. The molecule has 0 saturated carbocycles. The van der Waals surface area contributed by atoms with E-state index in [0.29, 0.717) is 24.7 Å². The summed E-state index contributed by atoms with van der Waals surface area (Å²) < 4.78 is 4.57. The van der Waals surface area contributed by atoms with Gasteiger partial charge in [-0.15, -0.1) is 0 Å². The number of hydrogen-bond donors (Lipinski definition) is 3. The van der Waals surface area contributed by atoms with Gasteiger partial charge in [0.15, 0.2) is 0 Å². The largest absolute Gasteiger partial charge is 0.453 e. The lowest BCUT2D eigenvalue weighted by atomic mass is 9.98. The average molecular weight is 780 g/mol. The van der Waals surface area contributed by atoms with Crippen LogP contribution < -0.4 is 5.32 Å². The van der Waals surface area contributed by atoms with Gasteiger partial charge in [-0.3, -0.25) is 14.5 Å². The lowest BCUT2D eigenvalue weighted by molar-refractivity contribution is -0.137. The van der Waals surface area contributed by atoms with Gasteiger partial charge in [0.05, 0.1) is 56.0 Å². The second kappa shape index (κ2) is 18.9. The molecule has 298 valence electrons. The van der Waals surface area contributed by atoms with E-state index in [-0.39, 0.29) is 37.4 Å². The fraction of sp³-hybridized carbons (Fsp3) is 0.289. The third-order valence-corrected chi connectivity index (χ3v) is 9.93. The number of nitrogens with zero attached hydrogens (tertiary/aromatic N) is 6. The Morgan fingerprint density at radius 2 is 1.36 bits per heavy atom. The summed E-state index contributed by atoms with van der Waals surface area (Å²) in [5.41, 5.74) is 6.66. The predicted molar refractivity (Wildman–Crippen MR) is 224 cm³/mol. The van der Waals surface area contributed by atoms with Crippen LogP contribution in [0, 0.1) is 17.2 Å². The second-order valence-corrected chi connectivity index (χ2v) is 14.5. The quantitative estimate of drug-likeness (QED) is 0.0931. The number of nitrogens with one attached hydrogen (secondary N) is 3. The molecule has 13 nitrogen and oxygen atoms in total. The molecule has 3 N–H and O–H groups in total. The van der Waals surface area contributed by atoms with Crippen molar-refractivity contribution < 1.29 is 19.1 Å². The van der Waals surface area contributed by atoms with Crippen molar-refractivity contribution in [1.29, 1.82) is 5.26 Å². The number of carbonyl (C=O) groups excluding carboxylic acids is 3. The van der Waals surface area contributed by atoms with Crippen molar-refractivity contribution >= 4 is 28.7 Å². The monoisotopic (exact) mass is 779 g/mol. The number of aromatic amines is 2. The molecule has 3 amide bonds. The fourth-order valence-electron chi connectivity index (χ4n) is 6.94. The Hall–Kier alpha value is -6.78. The van der Waals surface area contributed by atoms with E-state index in [0.717, 1.165) is 56.4 Å². The van der Waals surface area contributed by atoms with Crippen LogP contribution in [-0.4, -0.2) is 93.4 Å². The highest BCUT2D eigenvalue weighted by Gasteiger charge is 2.29. The standard InChI is InChI=1S/C45H49N9O4/c1-6-20-53(42(55)26-49-45(57)58-5)28-40-48-25-39(51-40)37-19-18-35-21-34(16-17-36(35)22-37)31-12-14-32(15-13-31)38-24-47-41(50-38)29-54(27-30(2)23-46)44(56)43(52(3)4)33-10-8-7-9-11-33/h7-19,21-22,24-25,30,43H,6,20,26-29H2,1-5H3,(H,47,50)(H,48,51)(H,49,57)/t30-,43+/m0/s1. The number of rotatable bonds is 16. The molecule has 0 spiro atoms. The van der Waals surface area contributed by atoms with Crippen LogP contribution >= 0.6 is 0 Å². The Morgan fingerprint density at radius 1 is 0.793 bits per heavy atom. The Labute approximate surface area is 338 Å². The van der Waals surface area contributed by atoms with Crippen molar-refractivity contribution in [3.05, 3.63) is 121 Å². The molecule has 4 aromatic carbocycles. The minimum absolute atomic E-state index is 0.0878. The molecule has 0 saturated heterocycles. The first-order valence-electron chi connectivity index (χ1n) is 19.3. The fourth-order valence-corrected chi connectivity index (χ4v) is 6.94. The summed E-state index contributed by atoms with van der Waals surface area (Å²) in [5, 5.41) is 14.2. The number of fused-ring (bicyclic) bond motifs is 1. The highest BCUT2D eigenvalue weighted by atomic mass is 16.5. The van der Waals surface area contributed by atoms with Gasteiger partial charge in [0.25, 0.3) is 0 Å². The molecule has 0 radical (unpaired) electrons. The number of aromatic nitrogens is 4. The second-order valence-electron chi connectivity index (χ2n) is 14.5. The molecule has 0 aliphatic carbocycles. The number of amides is 3. The molecule has 0 bridgehead atoms. The molecule has 6 aromatic rings. The van der Waals surface area contributed by atoms with Crippen molar-refractivity contribution in [3.63, 3.8) is 0 Å². The number of benzene rings is 4. The number of nitriles is 1. The van der Waals surface area contributed by atoms with Crippen molar-refractivity contribution in [2.75, 3.05) is 40.8 Å². The van der Waals surface area contributed by atoms with Gasteiger partial charge in [0.2, 0.25) is 11.8 Å². The number of hydrogen-bond acceptors (Lipinski definition) is 8. The zero-order chi connectivity index (χ0) is 41.2. The molecule has 13 heteroatoms. The Bertz CT molecular complexity index is 2380. The first-order chi connectivity index (χ1) is 28.1. The maximum absolute atomic E-state index is 14.0. The molecule has 6 rings (SSSR count). The van der Waals surface area contributed by atoms with Crippen LogP contribution in [0.1, 0.15) is 43.5 Å². The summed E-state index contributed by atoms with van der Waals surface area (Å²) in [6.45, 7) is 5.02. The van der Waals surface area contributed by atoms with E-state index in [2.05, 4.69) is 96.7 Å². The Kier molecular flexibility index (Phi) is 13.3. The SMILES string of the molecule is CCCN(Cc1ncc(-c2ccc3cc(-c4ccc(-c5cnc(CN(C[C@@H](C)C#N)C(=O)[C@@H](c6ccccc6)N(C)C)[nH]5)cc4)ccc3c2)[nH]1)C(=O)CNC(=O)OC. The maximum atomic E-state index is 14.0. The smallest absolute Gasteiger partial charge is 0.407 e. The van der Waals surface area contributed by atoms with Gasteiger partial charge in [0, 0.05) is 18.7 Å². The van der Waals surface area contributed by atoms with E-state index in [4.69, 9.17) is 0 Å². The number of imidazole rings is 2. The number of alkyl carbamates (subject to hydrolysis) is 1. The lowest BCUT2D eigenvalue weighted by Gasteiger charge is -2.31. The topological polar surface area (TPSA) is 163 Å². The van der Waals surface area contributed by atoms with Gasteiger partial charge >= 0.3 is 6.09 Å². The molecule has 2 atom stereocenters. The van der Waals surface area contributed by atoms with E-state index >= 15 is 0 Å². The molecule has 2 aromatic heterocycles. The maximum Gasteiger partial charge on any atom is 0.407 e. The molecule has 0 unspecified atom stereocenters. The van der Waals surface area contributed by atoms with Gasteiger partial charge in [-0.1, -0.05) is 85.8 Å². The summed E-state index contributed by atoms with van der Waals surface area (Å²) in [4.78, 5) is 59.3. The minimum atomic E-state index is -0.649. The van der Waals surface area contributed by atoms with Gasteiger partial charge in [-0.2, -0.15) is 5.26 Å². The van der Waals surface area contributed by atoms with Crippen LogP contribution in [0.5, 0.6) is 0 Å². The minimum Gasteiger partial charge on any atom is -0.453 e. The zero-order valence-electron chi connectivity index (χ0n) is 33.5. The molecule has 2 heterocycles. The third-order valence-electron chi connectivity index (χ3n) is 9.93. The van der Waals surface area contributed by atoms with E-state index in [1.54, 1.807) is 22.2 Å². The van der Waals surface area contributed by atoms with E-state index in [1.165, 1.54) is 7.11 Å². The summed E-state index contributed by atoms with van der Waals surface area (Å²) in [6, 6.07) is 32.4. The number of carbonyl (C=O) groups is 3. The van der Waals surface area contributed by atoms with E-state index in [9.17, 15) is 19.6 Å². The van der Waals surface area contributed by atoms with Crippen LogP contribution in [0.25, 0.3) is 44.4 Å². The third kappa shape index (κ3) is 9.96. The summed E-state index contributed by atoms with van der Waals surface area (Å²) >= 11 is 0. The van der Waals surface area contributed by atoms with Gasteiger partial charge in [-0.25, -0.2) is 14.8 Å².